The summed E-state index contributed by atoms with van der Waals surface area (Å²) in [5.74, 6) is 0.568. The molecule has 2 rings (SSSR count). The van der Waals surface area contributed by atoms with Gasteiger partial charge in [-0.1, -0.05) is 18.2 Å². The Bertz CT molecular complexity index is 467. The molecular formula is C12H14O2S2. The smallest absolute Gasteiger partial charge is 0.106 e. The quantitative estimate of drug-likeness (QED) is 0.734. The van der Waals surface area contributed by atoms with E-state index in [4.69, 9.17) is 0 Å². The lowest BCUT2D eigenvalue weighted by Gasteiger charge is -2.17. The molecule has 1 heterocycles. The van der Waals surface area contributed by atoms with E-state index in [1.807, 2.05) is 29.6 Å². The van der Waals surface area contributed by atoms with Crippen LogP contribution in [-0.4, -0.2) is 22.1 Å². The van der Waals surface area contributed by atoms with Crippen molar-refractivity contribution in [2.75, 3.05) is 5.75 Å². The minimum atomic E-state index is -0.825. The molecule has 0 aliphatic heterocycles. The highest BCUT2D eigenvalue weighted by molar-refractivity contribution is 7.80. The predicted octanol–water partition coefficient (Wildman–Crippen LogP) is 2.62. The minimum Gasteiger partial charge on any atom is -0.390 e. The summed E-state index contributed by atoms with van der Waals surface area (Å²) in [4.78, 5) is 0. The Balaban J connectivity index is 2.35. The van der Waals surface area contributed by atoms with Gasteiger partial charge in [0.2, 0.25) is 0 Å². The van der Waals surface area contributed by atoms with Gasteiger partial charge in [-0.15, -0.1) is 11.3 Å². The Morgan fingerprint density at radius 2 is 2.06 bits per heavy atom. The van der Waals surface area contributed by atoms with Gasteiger partial charge in [0.25, 0.3) is 0 Å². The Morgan fingerprint density at radius 3 is 2.81 bits per heavy atom. The van der Waals surface area contributed by atoms with Crippen molar-refractivity contribution in [3.63, 3.8) is 0 Å². The molecule has 2 atom stereocenters. The van der Waals surface area contributed by atoms with E-state index in [0.29, 0.717) is 12.2 Å². The molecule has 86 valence electrons. The molecule has 2 N–H and O–H groups in total. The van der Waals surface area contributed by atoms with E-state index in [-0.39, 0.29) is 0 Å². The maximum Gasteiger partial charge on any atom is 0.106 e. The van der Waals surface area contributed by atoms with Gasteiger partial charge in [-0.2, -0.15) is 12.6 Å². The number of aliphatic hydroxyl groups is 2. The molecule has 4 heteroatoms. The minimum absolute atomic E-state index is 0.492. The van der Waals surface area contributed by atoms with Crippen LogP contribution in [-0.2, 0) is 0 Å². The number of hydrogen-bond acceptors (Lipinski definition) is 4. The maximum absolute atomic E-state index is 10.1. The van der Waals surface area contributed by atoms with Gasteiger partial charge >= 0.3 is 0 Å². The Labute approximate surface area is 104 Å². The lowest BCUT2D eigenvalue weighted by atomic mass is 10.0. The van der Waals surface area contributed by atoms with Crippen LogP contribution in [0, 0.1) is 0 Å². The first-order valence-corrected chi connectivity index (χ1v) is 6.68. The third-order valence-corrected chi connectivity index (χ3v) is 3.85. The van der Waals surface area contributed by atoms with Crippen LogP contribution in [0.3, 0.4) is 0 Å². The van der Waals surface area contributed by atoms with Crippen LogP contribution in [0.5, 0.6) is 0 Å². The van der Waals surface area contributed by atoms with Gasteiger partial charge in [0.15, 0.2) is 0 Å². The van der Waals surface area contributed by atoms with Crippen molar-refractivity contribution in [3.8, 4) is 0 Å². The van der Waals surface area contributed by atoms with E-state index in [2.05, 4.69) is 12.6 Å². The number of hydrogen-bond donors (Lipinski definition) is 3. The zero-order chi connectivity index (χ0) is 11.5. The molecule has 0 amide bonds. The van der Waals surface area contributed by atoms with Crippen molar-refractivity contribution < 1.29 is 10.2 Å². The molecule has 0 bridgehead atoms. The summed E-state index contributed by atoms with van der Waals surface area (Å²) in [6.45, 7) is 0. The summed E-state index contributed by atoms with van der Waals surface area (Å²) in [7, 11) is 0. The van der Waals surface area contributed by atoms with Gasteiger partial charge < -0.3 is 10.2 Å². The van der Waals surface area contributed by atoms with E-state index in [0.717, 1.165) is 15.6 Å². The summed E-state index contributed by atoms with van der Waals surface area (Å²) in [6, 6.07) is 7.79. The van der Waals surface area contributed by atoms with Crippen LogP contribution in [0.15, 0.2) is 29.6 Å². The van der Waals surface area contributed by atoms with Gasteiger partial charge in [-0.3, -0.25) is 0 Å². The van der Waals surface area contributed by atoms with Gasteiger partial charge in [0.05, 0.1) is 6.10 Å². The fourth-order valence-electron chi connectivity index (χ4n) is 1.75. The number of thiol groups is 1. The Morgan fingerprint density at radius 1 is 1.25 bits per heavy atom. The first-order chi connectivity index (χ1) is 7.74. The Kier molecular flexibility index (Phi) is 3.86. The van der Waals surface area contributed by atoms with Crippen LogP contribution < -0.4 is 0 Å². The molecule has 2 aromatic rings. The van der Waals surface area contributed by atoms with Crippen molar-refractivity contribution in [3.05, 3.63) is 35.2 Å². The normalized spacial score (nSPS) is 15.2. The van der Waals surface area contributed by atoms with Crippen LogP contribution in [0.25, 0.3) is 10.1 Å². The van der Waals surface area contributed by atoms with Crippen LogP contribution in [0.2, 0.25) is 0 Å². The second kappa shape index (κ2) is 5.19. The zero-order valence-electron chi connectivity index (χ0n) is 8.71. The molecule has 0 spiro atoms. The van der Waals surface area contributed by atoms with E-state index < -0.39 is 12.2 Å². The van der Waals surface area contributed by atoms with Gasteiger partial charge in [0.1, 0.15) is 6.10 Å². The van der Waals surface area contributed by atoms with Crippen LogP contribution >= 0.6 is 24.0 Å². The van der Waals surface area contributed by atoms with E-state index >= 15 is 0 Å². The molecule has 0 aliphatic rings. The third-order valence-electron chi connectivity index (χ3n) is 2.62. The average molecular weight is 254 g/mol. The topological polar surface area (TPSA) is 40.5 Å². The van der Waals surface area contributed by atoms with E-state index in [9.17, 15) is 10.2 Å². The molecule has 0 saturated carbocycles. The second-order valence-electron chi connectivity index (χ2n) is 3.71. The monoisotopic (exact) mass is 254 g/mol. The number of thiophene rings is 1. The molecule has 16 heavy (non-hydrogen) atoms. The fourth-order valence-corrected chi connectivity index (χ4v) is 2.96. The molecular weight excluding hydrogens is 240 g/mol. The predicted molar refractivity (Wildman–Crippen MR) is 71.3 cm³/mol. The molecule has 0 saturated heterocycles. The molecule has 0 fully saturated rings. The van der Waals surface area contributed by atoms with Gasteiger partial charge in [-0.05, 0) is 29.0 Å². The first-order valence-electron chi connectivity index (χ1n) is 5.17. The third kappa shape index (κ3) is 2.25. The maximum atomic E-state index is 10.1. The molecule has 1 aromatic carbocycles. The second-order valence-corrected chi connectivity index (χ2v) is 5.07. The molecule has 0 aliphatic carbocycles. The van der Waals surface area contributed by atoms with Crippen molar-refractivity contribution in [2.45, 2.75) is 18.6 Å². The highest BCUT2D eigenvalue weighted by atomic mass is 32.1. The van der Waals surface area contributed by atoms with E-state index in [1.54, 1.807) is 11.3 Å². The summed E-state index contributed by atoms with van der Waals surface area (Å²) < 4.78 is 1.05. The fraction of sp³-hybridized carbons (Fsp3) is 0.333. The number of rotatable bonds is 4. The number of benzene rings is 1. The largest absolute Gasteiger partial charge is 0.390 e. The highest BCUT2D eigenvalue weighted by Gasteiger charge is 2.19. The molecule has 2 unspecified atom stereocenters. The first kappa shape index (κ1) is 11.9. The van der Waals surface area contributed by atoms with Crippen LogP contribution in [0.4, 0.5) is 0 Å². The number of fused-ring (bicyclic) bond motifs is 1. The lowest BCUT2D eigenvalue weighted by Crippen LogP contribution is -2.18. The summed E-state index contributed by atoms with van der Waals surface area (Å²) in [5.41, 5.74) is 0.807. The SMILES string of the molecule is OC(CCS)C(O)c1cccc2ccsc12. The Hall–Kier alpha value is -0.550. The van der Waals surface area contributed by atoms with Crippen molar-refractivity contribution in [1.82, 2.24) is 0 Å². The van der Waals surface area contributed by atoms with Crippen LogP contribution in [0.1, 0.15) is 18.1 Å². The standard InChI is InChI=1S/C12H14O2S2/c13-10(4-6-15)11(14)9-3-1-2-8-5-7-16-12(8)9/h1-3,5,7,10-11,13-15H,4,6H2. The van der Waals surface area contributed by atoms with Crippen molar-refractivity contribution >= 4 is 34.1 Å². The summed E-state index contributed by atoms with van der Waals surface area (Å²) in [6.07, 6.45) is -1.08. The molecule has 1 aromatic heterocycles. The average Bonchev–Trinajstić information content (AvgIpc) is 2.76. The van der Waals surface area contributed by atoms with E-state index in [1.165, 1.54) is 0 Å². The lowest BCUT2D eigenvalue weighted by molar-refractivity contribution is 0.0182. The van der Waals surface area contributed by atoms with Gasteiger partial charge in [0, 0.05) is 10.3 Å². The molecule has 0 radical (unpaired) electrons. The summed E-state index contributed by atoms with van der Waals surface area (Å²) >= 11 is 5.65. The zero-order valence-corrected chi connectivity index (χ0v) is 10.4. The van der Waals surface area contributed by atoms with Crippen molar-refractivity contribution in [1.29, 1.82) is 0 Å². The highest BCUT2D eigenvalue weighted by Crippen LogP contribution is 2.31. The molecule has 2 nitrogen and oxygen atoms in total. The number of aliphatic hydroxyl groups excluding tert-OH is 2. The summed E-state index contributed by atoms with van der Waals surface area (Å²) in [5, 5.41) is 22.9. The van der Waals surface area contributed by atoms with Gasteiger partial charge in [-0.25, -0.2) is 0 Å². The van der Waals surface area contributed by atoms with Crippen molar-refractivity contribution in [2.24, 2.45) is 0 Å².